The number of nitrogens with one attached hydrogen (secondary N) is 1. The number of rotatable bonds is 7. The maximum absolute atomic E-state index is 12.0. The molecule has 0 aliphatic heterocycles. The first-order valence-electron chi connectivity index (χ1n) is 8.00. The van der Waals surface area contributed by atoms with Gasteiger partial charge < -0.3 is 19.4 Å². The molecule has 0 fully saturated rings. The first kappa shape index (κ1) is 18.6. The maximum atomic E-state index is 12.0. The van der Waals surface area contributed by atoms with Crippen LogP contribution in [0.4, 0.5) is 4.79 Å². The SMILES string of the molecule is CCN(CCCNC(C)c1ccc(C)o1)C(=O)OC(C)(C)C. The van der Waals surface area contributed by atoms with Crippen molar-refractivity contribution in [2.24, 2.45) is 0 Å². The minimum absolute atomic E-state index is 0.172. The van der Waals surface area contributed by atoms with E-state index in [2.05, 4.69) is 12.2 Å². The minimum atomic E-state index is -0.450. The van der Waals surface area contributed by atoms with Gasteiger partial charge in [-0.15, -0.1) is 0 Å². The number of ether oxygens (including phenoxy) is 1. The summed E-state index contributed by atoms with van der Waals surface area (Å²) in [5.74, 6) is 1.86. The molecule has 1 unspecified atom stereocenters. The third-order valence-electron chi connectivity index (χ3n) is 3.28. The largest absolute Gasteiger partial charge is 0.465 e. The van der Waals surface area contributed by atoms with Gasteiger partial charge in [0.1, 0.15) is 17.1 Å². The van der Waals surface area contributed by atoms with Gasteiger partial charge in [0.2, 0.25) is 0 Å². The fraction of sp³-hybridized carbons (Fsp3) is 0.706. The summed E-state index contributed by atoms with van der Waals surface area (Å²) in [7, 11) is 0. The molecular weight excluding hydrogens is 280 g/mol. The average molecular weight is 310 g/mol. The molecule has 5 nitrogen and oxygen atoms in total. The molecule has 0 bridgehead atoms. The Kier molecular flexibility index (Phi) is 6.94. The number of carbonyl (C=O) groups is 1. The van der Waals surface area contributed by atoms with Crippen LogP contribution in [0.5, 0.6) is 0 Å². The maximum Gasteiger partial charge on any atom is 0.410 e. The van der Waals surface area contributed by atoms with Crippen LogP contribution in [0.2, 0.25) is 0 Å². The second kappa shape index (κ2) is 8.22. The third-order valence-corrected chi connectivity index (χ3v) is 3.28. The molecule has 1 N–H and O–H groups in total. The summed E-state index contributed by atoms with van der Waals surface area (Å²) in [4.78, 5) is 13.7. The number of hydrogen-bond acceptors (Lipinski definition) is 4. The fourth-order valence-corrected chi connectivity index (χ4v) is 2.08. The van der Waals surface area contributed by atoms with E-state index in [1.165, 1.54) is 0 Å². The molecule has 1 atom stereocenters. The number of carbonyl (C=O) groups excluding carboxylic acids is 1. The molecule has 0 saturated carbocycles. The van der Waals surface area contributed by atoms with Crippen LogP contribution in [0.3, 0.4) is 0 Å². The van der Waals surface area contributed by atoms with Crippen LogP contribution >= 0.6 is 0 Å². The van der Waals surface area contributed by atoms with Crippen LogP contribution in [-0.2, 0) is 4.74 Å². The summed E-state index contributed by atoms with van der Waals surface area (Å²) in [5, 5.41) is 3.41. The molecule has 5 heteroatoms. The van der Waals surface area contributed by atoms with Crippen molar-refractivity contribution in [2.75, 3.05) is 19.6 Å². The summed E-state index contributed by atoms with van der Waals surface area (Å²) < 4.78 is 11.0. The first-order valence-corrected chi connectivity index (χ1v) is 8.00. The van der Waals surface area contributed by atoms with Crippen molar-refractivity contribution in [2.45, 2.75) is 59.6 Å². The van der Waals surface area contributed by atoms with Crippen molar-refractivity contribution in [3.05, 3.63) is 23.7 Å². The molecule has 22 heavy (non-hydrogen) atoms. The standard InChI is InChI=1S/C17H30N2O3/c1-7-19(16(20)22-17(4,5)6)12-8-11-18-14(3)15-10-9-13(2)21-15/h9-10,14,18H,7-8,11-12H2,1-6H3. The lowest BCUT2D eigenvalue weighted by atomic mass is 10.2. The van der Waals surface area contributed by atoms with Gasteiger partial charge >= 0.3 is 6.09 Å². The fourth-order valence-electron chi connectivity index (χ4n) is 2.08. The highest BCUT2D eigenvalue weighted by Crippen LogP contribution is 2.15. The average Bonchev–Trinajstić information content (AvgIpc) is 2.83. The van der Waals surface area contributed by atoms with Crippen LogP contribution in [0, 0.1) is 6.92 Å². The summed E-state index contributed by atoms with van der Waals surface area (Å²) in [5.41, 5.74) is -0.450. The Balaban J connectivity index is 2.31. The zero-order valence-corrected chi connectivity index (χ0v) is 14.7. The van der Waals surface area contributed by atoms with E-state index in [0.717, 1.165) is 24.5 Å². The van der Waals surface area contributed by atoms with E-state index in [9.17, 15) is 4.79 Å². The van der Waals surface area contributed by atoms with Gasteiger partial charge in [0.15, 0.2) is 0 Å². The molecule has 0 radical (unpaired) electrons. The number of furan rings is 1. The summed E-state index contributed by atoms with van der Waals surface area (Å²) in [6.45, 7) is 13.8. The van der Waals surface area contributed by atoms with Crippen molar-refractivity contribution in [1.82, 2.24) is 10.2 Å². The van der Waals surface area contributed by atoms with Crippen LogP contribution in [-0.4, -0.2) is 36.2 Å². The van der Waals surface area contributed by atoms with Crippen molar-refractivity contribution in [1.29, 1.82) is 0 Å². The highest BCUT2D eigenvalue weighted by atomic mass is 16.6. The summed E-state index contributed by atoms with van der Waals surface area (Å²) in [6, 6.07) is 4.13. The summed E-state index contributed by atoms with van der Waals surface area (Å²) >= 11 is 0. The summed E-state index contributed by atoms with van der Waals surface area (Å²) in [6.07, 6.45) is 0.626. The Morgan fingerprint density at radius 2 is 2.09 bits per heavy atom. The lowest BCUT2D eigenvalue weighted by Gasteiger charge is -2.26. The molecule has 1 amide bonds. The second-order valence-corrected chi connectivity index (χ2v) is 6.54. The molecule has 1 aromatic rings. The van der Waals surface area contributed by atoms with E-state index in [1.54, 1.807) is 4.90 Å². The Hall–Kier alpha value is -1.49. The third kappa shape index (κ3) is 6.52. The van der Waals surface area contributed by atoms with E-state index in [0.29, 0.717) is 13.1 Å². The molecule has 1 aromatic heterocycles. The van der Waals surface area contributed by atoms with Crippen molar-refractivity contribution >= 4 is 6.09 Å². The van der Waals surface area contributed by atoms with E-state index >= 15 is 0 Å². The smallest absolute Gasteiger partial charge is 0.410 e. The van der Waals surface area contributed by atoms with E-state index < -0.39 is 5.60 Å². The van der Waals surface area contributed by atoms with Crippen LogP contribution in [0.1, 0.15) is 58.6 Å². The predicted octanol–water partition coefficient (Wildman–Crippen LogP) is 3.89. The zero-order valence-electron chi connectivity index (χ0n) is 14.7. The molecule has 126 valence electrons. The van der Waals surface area contributed by atoms with Gasteiger partial charge in [0, 0.05) is 13.1 Å². The number of aryl methyl sites for hydroxylation is 1. The second-order valence-electron chi connectivity index (χ2n) is 6.54. The zero-order chi connectivity index (χ0) is 16.8. The number of nitrogens with zero attached hydrogens (tertiary/aromatic N) is 1. The van der Waals surface area contributed by atoms with Crippen molar-refractivity contribution < 1.29 is 13.9 Å². The molecule has 0 aromatic carbocycles. The topological polar surface area (TPSA) is 54.7 Å². The van der Waals surface area contributed by atoms with Gasteiger partial charge in [0.25, 0.3) is 0 Å². The highest BCUT2D eigenvalue weighted by Gasteiger charge is 2.20. The number of hydrogen-bond donors (Lipinski definition) is 1. The van der Waals surface area contributed by atoms with Gasteiger partial charge in [-0.3, -0.25) is 0 Å². The molecule has 0 saturated heterocycles. The molecule has 0 spiro atoms. The molecule has 0 aliphatic carbocycles. The van der Waals surface area contributed by atoms with E-state index in [1.807, 2.05) is 46.8 Å². The molecule has 0 aliphatic rings. The number of amides is 1. The lowest BCUT2D eigenvalue weighted by Crippen LogP contribution is -2.38. The van der Waals surface area contributed by atoms with Crippen molar-refractivity contribution in [3.8, 4) is 0 Å². The van der Waals surface area contributed by atoms with Crippen LogP contribution in [0.25, 0.3) is 0 Å². The Morgan fingerprint density at radius 1 is 1.41 bits per heavy atom. The molecular formula is C17H30N2O3. The van der Waals surface area contributed by atoms with Crippen LogP contribution in [0.15, 0.2) is 16.5 Å². The van der Waals surface area contributed by atoms with Gasteiger partial charge in [-0.05, 0) is 66.6 Å². The minimum Gasteiger partial charge on any atom is -0.465 e. The normalized spacial score (nSPS) is 13.0. The van der Waals surface area contributed by atoms with E-state index in [4.69, 9.17) is 9.15 Å². The quantitative estimate of drug-likeness (QED) is 0.776. The van der Waals surface area contributed by atoms with Gasteiger partial charge in [-0.1, -0.05) is 0 Å². The molecule has 1 rings (SSSR count). The van der Waals surface area contributed by atoms with Crippen LogP contribution < -0.4 is 5.32 Å². The van der Waals surface area contributed by atoms with Gasteiger partial charge in [-0.2, -0.15) is 0 Å². The Morgan fingerprint density at radius 3 is 2.59 bits per heavy atom. The van der Waals surface area contributed by atoms with Gasteiger partial charge in [-0.25, -0.2) is 4.79 Å². The highest BCUT2D eigenvalue weighted by molar-refractivity contribution is 5.68. The van der Waals surface area contributed by atoms with E-state index in [-0.39, 0.29) is 12.1 Å². The monoisotopic (exact) mass is 310 g/mol. The Bertz CT molecular complexity index is 463. The predicted molar refractivity (Wildman–Crippen MR) is 88.0 cm³/mol. The first-order chi connectivity index (χ1) is 10.2. The van der Waals surface area contributed by atoms with Gasteiger partial charge in [0.05, 0.1) is 6.04 Å². The lowest BCUT2D eigenvalue weighted by molar-refractivity contribution is 0.0258. The Labute approximate surface area is 134 Å². The molecule has 1 heterocycles. The van der Waals surface area contributed by atoms with Crippen molar-refractivity contribution in [3.63, 3.8) is 0 Å².